The molecule has 1 atom stereocenters. The molecule has 0 fully saturated rings. The summed E-state index contributed by atoms with van der Waals surface area (Å²) in [5.74, 6) is -0.177. The van der Waals surface area contributed by atoms with Gasteiger partial charge in [0.05, 0.1) is 7.11 Å². The predicted octanol–water partition coefficient (Wildman–Crippen LogP) is 0.547. The average Bonchev–Trinajstić information content (AvgIpc) is 1.99. The van der Waals surface area contributed by atoms with Crippen molar-refractivity contribution in [1.82, 2.24) is 5.32 Å². The molecule has 3 heteroatoms. The Kier molecular flexibility index (Phi) is 4.94. The lowest BCUT2D eigenvalue weighted by Gasteiger charge is -2.11. The first-order valence-electron chi connectivity index (χ1n) is 3.51. The van der Waals surface area contributed by atoms with Crippen molar-refractivity contribution in [3.63, 3.8) is 0 Å². The lowest BCUT2D eigenvalue weighted by atomic mass is 10.2. The number of methoxy groups -OCH3 is 1. The first-order chi connectivity index (χ1) is 4.76. The first-order valence-corrected chi connectivity index (χ1v) is 3.51. The van der Waals surface area contributed by atoms with Gasteiger partial charge in [0, 0.05) is 0 Å². The number of nitrogens with one attached hydrogen (secondary N) is 1. The summed E-state index contributed by atoms with van der Waals surface area (Å²) in [5.41, 5.74) is 0. The van der Waals surface area contributed by atoms with Crippen molar-refractivity contribution in [3.05, 3.63) is 0 Å². The van der Waals surface area contributed by atoms with E-state index in [-0.39, 0.29) is 12.0 Å². The second-order valence-electron chi connectivity index (χ2n) is 2.15. The van der Waals surface area contributed by atoms with Crippen molar-refractivity contribution in [3.8, 4) is 0 Å². The van der Waals surface area contributed by atoms with E-state index in [0.29, 0.717) is 0 Å². The van der Waals surface area contributed by atoms with E-state index in [1.165, 1.54) is 7.11 Å². The van der Waals surface area contributed by atoms with E-state index in [0.717, 1.165) is 12.8 Å². The summed E-state index contributed by atoms with van der Waals surface area (Å²) in [4.78, 5) is 10.8. The van der Waals surface area contributed by atoms with E-state index in [1.807, 2.05) is 6.92 Å². The van der Waals surface area contributed by atoms with Crippen LogP contribution in [0.15, 0.2) is 0 Å². The topological polar surface area (TPSA) is 38.3 Å². The highest BCUT2D eigenvalue weighted by Gasteiger charge is 2.14. The van der Waals surface area contributed by atoms with Crippen LogP contribution >= 0.6 is 0 Å². The summed E-state index contributed by atoms with van der Waals surface area (Å²) in [6.45, 7) is 2.04. The van der Waals surface area contributed by atoms with Crippen LogP contribution in [0.25, 0.3) is 0 Å². The minimum atomic E-state index is -0.177. The summed E-state index contributed by atoms with van der Waals surface area (Å²) in [6, 6.07) is -0.130. The third-order valence-electron chi connectivity index (χ3n) is 1.41. The third-order valence-corrected chi connectivity index (χ3v) is 1.41. The molecule has 0 rings (SSSR count). The van der Waals surface area contributed by atoms with Gasteiger partial charge >= 0.3 is 5.97 Å². The molecule has 0 saturated heterocycles. The van der Waals surface area contributed by atoms with E-state index in [2.05, 4.69) is 10.1 Å². The minimum Gasteiger partial charge on any atom is -0.468 e. The molecule has 0 aromatic carbocycles. The molecule has 60 valence electrons. The van der Waals surface area contributed by atoms with Crippen molar-refractivity contribution in [2.45, 2.75) is 25.8 Å². The molecule has 1 N–H and O–H groups in total. The summed E-state index contributed by atoms with van der Waals surface area (Å²) in [5, 5.41) is 2.88. The molecule has 0 aliphatic heterocycles. The van der Waals surface area contributed by atoms with E-state index >= 15 is 0 Å². The Morgan fingerprint density at radius 1 is 1.70 bits per heavy atom. The van der Waals surface area contributed by atoms with Gasteiger partial charge < -0.3 is 10.1 Å². The highest BCUT2D eigenvalue weighted by atomic mass is 16.5. The molecule has 0 heterocycles. The minimum absolute atomic E-state index is 0.130. The maximum atomic E-state index is 10.8. The zero-order valence-electron chi connectivity index (χ0n) is 6.81. The van der Waals surface area contributed by atoms with Crippen LogP contribution in [0.5, 0.6) is 0 Å². The van der Waals surface area contributed by atoms with Gasteiger partial charge in [0.25, 0.3) is 0 Å². The monoisotopic (exact) mass is 145 g/mol. The van der Waals surface area contributed by atoms with Gasteiger partial charge in [0.1, 0.15) is 6.04 Å². The Balaban J connectivity index is 3.68. The van der Waals surface area contributed by atoms with Gasteiger partial charge in [-0.05, 0) is 13.5 Å². The molecule has 0 bridgehead atoms. The van der Waals surface area contributed by atoms with Crippen molar-refractivity contribution in [2.75, 3.05) is 14.2 Å². The summed E-state index contributed by atoms with van der Waals surface area (Å²) in [6.07, 6.45) is 1.82. The van der Waals surface area contributed by atoms with Crippen LogP contribution in [-0.2, 0) is 9.53 Å². The van der Waals surface area contributed by atoms with E-state index in [1.54, 1.807) is 7.05 Å². The maximum absolute atomic E-state index is 10.8. The predicted molar refractivity (Wildman–Crippen MR) is 39.8 cm³/mol. The fourth-order valence-electron chi connectivity index (χ4n) is 0.811. The Hall–Kier alpha value is -0.570. The van der Waals surface area contributed by atoms with Gasteiger partial charge in [0.2, 0.25) is 0 Å². The Morgan fingerprint density at radius 3 is 2.60 bits per heavy atom. The van der Waals surface area contributed by atoms with Gasteiger partial charge in [-0.2, -0.15) is 0 Å². The zero-order chi connectivity index (χ0) is 7.98. The number of hydrogen-bond acceptors (Lipinski definition) is 3. The zero-order valence-corrected chi connectivity index (χ0v) is 6.81. The molecule has 1 unspecified atom stereocenters. The molecule has 0 spiro atoms. The molecule has 0 aromatic heterocycles. The van der Waals surface area contributed by atoms with Gasteiger partial charge in [-0.3, -0.25) is 4.79 Å². The van der Waals surface area contributed by atoms with Gasteiger partial charge in [-0.25, -0.2) is 0 Å². The third kappa shape index (κ3) is 2.82. The van der Waals surface area contributed by atoms with Crippen LogP contribution in [0.1, 0.15) is 19.8 Å². The van der Waals surface area contributed by atoms with E-state index in [4.69, 9.17) is 0 Å². The lowest BCUT2D eigenvalue weighted by Crippen LogP contribution is -2.34. The van der Waals surface area contributed by atoms with Crippen LogP contribution in [0, 0.1) is 0 Å². The van der Waals surface area contributed by atoms with Crippen LogP contribution in [-0.4, -0.2) is 26.2 Å². The number of carbonyl (C=O) groups is 1. The molecule has 0 saturated carbocycles. The normalized spacial score (nSPS) is 12.7. The van der Waals surface area contributed by atoms with E-state index in [9.17, 15) is 4.79 Å². The number of hydrogen-bond donors (Lipinski definition) is 1. The molecule has 3 nitrogen and oxygen atoms in total. The largest absolute Gasteiger partial charge is 0.468 e. The Labute approximate surface area is 61.8 Å². The van der Waals surface area contributed by atoms with Crippen molar-refractivity contribution in [1.29, 1.82) is 0 Å². The highest BCUT2D eigenvalue weighted by Crippen LogP contribution is 1.96. The molecular weight excluding hydrogens is 130 g/mol. The van der Waals surface area contributed by atoms with Crippen LogP contribution in [0.4, 0.5) is 0 Å². The molecular formula is C7H15NO2. The average molecular weight is 145 g/mol. The number of likely N-dealkylation sites (N-methyl/N-ethyl adjacent to an activating group) is 1. The number of esters is 1. The number of rotatable bonds is 4. The Morgan fingerprint density at radius 2 is 2.30 bits per heavy atom. The smallest absolute Gasteiger partial charge is 0.322 e. The quantitative estimate of drug-likeness (QED) is 0.587. The molecule has 0 aliphatic carbocycles. The van der Waals surface area contributed by atoms with E-state index < -0.39 is 0 Å². The fraction of sp³-hybridized carbons (Fsp3) is 0.857. The van der Waals surface area contributed by atoms with Gasteiger partial charge in [0.15, 0.2) is 0 Å². The van der Waals surface area contributed by atoms with Crippen molar-refractivity contribution in [2.24, 2.45) is 0 Å². The van der Waals surface area contributed by atoms with Gasteiger partial charge in [-0.15, -0.1) is 0 Å². The SMILES string of the molecule is CCCC(NC)C(=O)OC. The molecule has 10 heavy (non-hydrogen) atoms. The van der Waals surface area contributed by atoms with Crippen molar-refractivity contribution < 1.29 is 9.53 Å². The number of carbonyl (C=O) groups excluding carboxylic acids is 1. The molecule has 0 aromatic rings. The first kappa shape index (κ1) is 9.43. The fourth-order valence-corrected chi connectivity index (χ4v) is 0.811. The summed E-state index contributed by atoms with van der Waals surface area (Å²) < 4.78 is 4.55. The summed E-state index contributed by atoms with van der Waals surface area (Å²) in [7, 11) is 3.17. The Bertz CT molecular complexity index is 104. The molecule has 0 amide bonds. The number of ether oxygens (including phenoxy) is 1. The van der Waals surface area contributed by atoms with Crippen LogP contribution in [0.2, 0.25) is 0 Å². The van der Waals surface area contributed by atoms with Crippen LogP contribution < -0.4 is 5.32 Å². The summed E-state index contributed by atoms with van der Waals surface area (Å²) >= 11 is 0. The second kappa shape index (κ2) is 5.23. The standard InChI is InChI=1S/C7H15NO2/c1-4-5-6(8-2)7(9)10-3/h6,8H,4-5H2,1-3H3. The molecule has 0 aliphatic rings. The highest BCUT2D eigenvalue weighted by molar-refractivity contribution is 5.75. The maximum Gasteiger partial charge on any atom is 0.322 e. The van der Waals surface area contributed by atoms with Crippen molar-refractivity contribution >= 4 is 5.97 Å². The van der Waals surface area contributed by atoms with Crippen LogP contribution in [0.3, 0.4) is 0 Å². The molecule has 0 radical (unpaired) electrons. The lowest BCUT2D eigenvalue weighted by molar-refractivity contribution is -0.143. The van der Waals surface area contributed by atoms with Gasteiger partial charge in [-0.1, -0.05) is 13.3 Å². The second-order valence-corrected chi connectivity index (χ2v) is 2.15.